The van der Waals surface area contributed by atoms with Gasteiger partial charge in [-0.05, 0) is 24.0 Å². The smallest absolute Gasteiger partial charge is 0.229 e. The summed E-state index contributed by atoms with van der Waals surface area (Å²) in [5.74, 6) is 0.742. The van der Waals surface area contributed by atoms with Crippen molar-refractivity contribution in [2.24, 2.45) is 11.3 Å². The fraction of sp³-hybridized carbons (Fsp3) is 0.455. The predicted octanol–water partition coefficient (Wildman–Crippen LogP) is 1.65. The molecule has 0 aliphatic heterocycles. The number of carbonyl (C=O) groups excluding carboxylic acids is 1. The normalized spacial score (nSPS) is 22.1. The second-order valence-electron chi connectivity index (χ2n) is 4.71. The maximum absolute atomic E-state index is 11.7. The molecule has 0 spiro atoms. The Balaban J connectivity index is 1.98. The molecule has 15 heavy (non-hydrogen) atoms. The second kappa shape index (κ2) is 3.22. The number of nitrogen functional groups attached to an aromatic ring is 1. The van der Waals surface area contributed by atoms with Gasteiger partial charge in [-0.3, -0.25) is 4.79 Å². The zero-order chi connectivity index (χ0) is 11.1. The molecule has 3 N–H and O–H groups in total. The molecular weight excluding hydrogens is 190 g/mol. The van der Waals surface area contributed by atoms with E-state index >= 15 is 0 Å². The molecule has 0 bridgehead atoms. The third-order valence-electron chi connectivity index (χ3n) is 2.87. The molecule has 80 valence electrons. The van der Waals surface area contributed by atoms with Gasteiger partial charge in [-0.25, -0.2) is 4.98 Å². The molecule has 0 saturated heterocycles. The Labute approximate surface area is 88.9 Å². The number of nitrogens with two attached hydrogens (primary N) is 1. The number of hydrogen-bond donors (Lipinski definition) is 2. The van der Waals surface area contributed by atoms with E-state index in [-0.39, 0.29) is 17.2 Å². The van der Waals surface area contributed by atoms with Gasteiger partial charge >= 0.3 is 0 Å². The molecule has 4 heteroatoms. The van der Waals surface area contributed by atoms with Crippen LogP contribution >= 0.6 is 0 Å². The molecule has 1 aliphatic rings. The third kappa shape index (κ3) is 2.09. The lowest BCUT2D eigenvalue weighted by Crippen LogP contribution is -2.17. The monoisotopic (exact) mass is 205 g/mol. The van der Waals surface area contributed by atoms with Gasteiger partial charge in [-0.15, -0.1) is 0 Å². The molecule has 1 atom stereocenters. The number of carbonyl (C=O) groups is 1. The van der Waals surface area contributed by atoms with Crippen LogP contribution in [0.4, 0.5) is 11.5 Å². The highest BCUT2D eigenvalue weighted by Gasteiger charge is 2.50. The van der Waals surface area contributed by atoms with Crippen molar-refractivity contribution in [1.29, 1.82) is 0 Å². The third-order valence-corrected chi connectivity index (χ3v) is 2.87. The number of hydrogen-bond acceptors (Lipinski definition) is 3. The summed E-state index contributed by atoms with van der Waals surface area (Å²) in [5.41, 5.74) is 6.25. The highest BCUT2D eigenvalue weighted by atomic mass is 16.2. The predicted molar refractivity (Wildman–Crippen MR) is 59.2 cm³/mol. The molecule has 1 unspecified atom stereocenters. The highest BCUT2D eigenvalue weighted by molar-refractivity contribution is 5.94. The minimum absolute atomic E-state index is 0.0530. The van der Waals surface area contributed by atoms with Gasteiger partial charge < -0.3 is 11.1 Å². The lowest BCUT2D eigenvalue weighted by molar-refractivity contribution is -0.118. The van der Waals surface area contributed by atoms with Crippen LogP contribution in [0, 0.1) is 11.3 Å². The van der Waals surface area contributed by atoms with Crippen LogP contribution in [0.3, 0.4) is 0 Å². The van der Waals surface area contributed by atoms with Crippen LogP contribution in [0.2, 0.25) is 0 Å². The first-order chi connectivity index (χ1) is 6.99. The Morgan fingerprint density at radius 3 is 2.73 bits per heavy atom. The molecule has 0 radical (unpaired) electrons. The van der Waals surface area contributed by atoms with E-state index in [0.717, 1.165) is 6.42 Å². The lowest BCUT2D eigenvalue weighted by atomic mass is 10.1. The molecule has 1 fully saturated rings. The van der Waals surface area contributed by atoms with Gasteiger partial charge in [-0.2, -0.15) is 0 Å². The molecule has 4 nitrogen and oxygen atoms in total. The number of anilines is 2. The molecule has 1 aromatic heterocycles. The maximum atomic E-state index is 11.7. The molecule has 1 heterocycles. The number of nitrogens with one attached hydrogen (secondary N) is 1. The van der Waals surface area contributed by atoms with Gasteiger partial charge in [0.1, 0.15) is 5.82 Å². The largest absolute Gasteiger partial charge is 0.397 e. The van der Waals surface area contributed by atoms with Gasteiger partial charge in [0, 0.05) is 5.92 Å². The number of rotatable bonds is 2. The fourth-order valence-corrected chi connectivity index (χ4v) is 1.61. The number of pyridine rings is 1. The Morgan fingerprint density at radius 1 is 1.60 bits per heavy atom. The molecule has 1 aromatic rings. The molecule has 0 aromatic carbocycles. The summed E-state index contributed by atoms with van der Waals surface area (Å²) in [6, 6.07) is 3.43. The van der Waals surface area contributed by atoms with Crippen LogP contribution in [-0.2, 0) is 4.79 Å². The van der Waals surface area contributed by atoms with E-state index < -0.39 is 0 Å². The zero-order valence-electron chi connectivity index (χ0n) is 8.95. The van der Waals surface area contributed by atoms with E-state index in [1.54, 1.807) is 12.1 Å². The van der Waals surface area contributed by atoms with Gasteiger partial charge in [0.25, 0.3) is 0 Å². The topological polar surface area (TPSA) is 68.0 Å². The molecule has 2 rings (SSSR count). The second-order valence-corrected chi connectivity index (χ2v) is 4.71. The van der Waals surface area contributed by atoms with Crippen molar-refractivity contribution >= 4 is 17.4 Å². The van der Waals surface area contributed by atoms with Gasteiger partial charge in [0.15, 0.2) is 0 Å². The van der Waals surface area contributed by atoms with Crippen LogP contribution in [0.25, 0.3) is 0 Å². The summed E-state index contributed by atoms with van der Waals surface area (Å²) < 4.78 is 0. The summed E-state index contributed by atoms with van der Waals surface area (Å²) in [4.78, 5) is 15.7. The minimum Gasteiger partial charge on any atom is -0.397 e. The number of amides is 1. The van der Waals surface area contributed by atoms with Gasteiger partial charge in [-0.1, -0.05) is 13.8 Å². The fourth-order valence-electron chi connectivity index (χ4n) is 1.61. The van der Waals surface area contributed by atoms with Crippen LogP contribution < -0.4 is 11.1 Å². The molecular formula is C11H15N3O. The Morgan fingerprint density at radius 2 is 2.27 bits per heavy atom. The summed E-state index contributed by atoms with van der Waals surface area (Å²) in [6.45, 7) is 4.18. The van der Waals surface area contributed by atoms with Crippen molar-refractivity contribution in [3.05, 3.63) is 18.3 Å². The zero-order valence-corrected chi connectivity index (χ0v) is 8.95. The van der Waals surface area contributed by atoms with Crippen molar-refractivity contribution in [1.82, 2.24) is 4.98 Å². The Hall–Kier alpha value is -1.58. The highest BCUT2D eigenvalue weighted by Crippen LogP contribution is 2.51. The van der Waals surface area contributed by atoms with Crippen molar-refractivity contribution < 1.29 is 4.79 Å². The van der Waals surface area contributed by atoms with E-state index in [1.165, 1.54) is 6.20 Å². The van der Waals surface area contributed by atoms with Crippen LogP contribution in [0.1, 0.15) is 20.3 Å². The standard InChI is InChI=1S/C11H15N3O/c1-11(2)5-8(11)10(15)14-9-4-3-7(12)6-13-9/h3-4,6,8H,5,12H2,1-2H3,(H,13,14,15). The molecule has 1 aliphatic carbocycles. The van der Waals surface area contributed by atoms with Crippen LogP contribution in [0.15, 0.2) is 18.3 Å². The molecule has 1 saturated carbocycles. The molecule has 1 amide bonds. The quantitative estimate of drug-likeness (QED) is 0.771. The van der Waals surface area contributed by atoms with Gasteiger partial charge in [0.2, 0.25) is 5.91 Å². The summed E-state index contributed by atoms with van der Waals surface area (Å²) >= 11 is 0. The first-order valence-corrected chi connectivity index (χ1v) is 5.01. The van der Waals surface area contributed by atoms with Crippen molar-refractivity contribution in [2.45, 2.75) is 20.3 Å². The van der Waals surface area contributed by atoms with Gasteiger partial charge in [0.05, 0.1) is 11.9 Å². The number of aromatic nitrogens is 1. The average molecular weight is 205 g/mol. The Kier molecular flexibility index (Phi) is 2.14. The van der Waals surface area contributed by atoms with Crippen LogP contribution in [-0.4, -0.2) is 10.9 Å². The summed E-state index contributed by atoms with van der Waals surface area (Å²) in [5, 5.41) is 2.78. The average Bonchev–Trinajstić information content (AvgIpc) is 2.79. The Bertz CT molecular complexity index is 383. The maximum Gasteiger partial charge on any atom is 0.229 e. The van der Waals surface area contributed by atoms with E-state index in [1.807, 2.05) is 0 Å². The van der Waals surface area contributed by atoms with Crippen LogP contribution in [0.5, 0.6) is 0 Å². The minimum atomic E-state index is 0.0530. The first-order valence-electron chi connectivity index (χ1n) is 5.01. The number of nitrogens with zero attached hydrogens (tertiary/aromatic N) is 1. The van der Waals surface area contributed by atoms with E-state index in [9.17, 15) is 4.79 Å². The van der Waals surface area contributed by atoms with Crippen molar-refractivity contribution in [2.75, 3.05) is 11.1 Å². The van der Waals surface area contributed by atoms with Crippen molar-refractivity contribution in [3.8, 4) is 0 Å². The summed E-state index contributed by atoms with van der Waals surface area (Å²) in [7, 11) is 0. The van der Waals surface area contributed by atoms with E-state index in [4.69, 9.17) is 5.73 Å². The summed E-state index contributed by atoms with van der Waals surface area (Å²) in [6.07, 6.45) is 2.49. The first kappa shape index (κ1) is 9.96. The van der Waals surface area contributed by atoms with E-state index in [2.05, 4.69) is 24.1 Å². The lowest BCUT2D eigenvalue weighted by Gasteiger charge is -2.05. The SMILES string of the molecule is CC1(C)CC1C(=O)Nc1ccc(N)cn1. The van der Waals surface area contributed by atoms with Crippen molar-refractivity contribution in [3.63, 3.8) is 0 Å². The van der Waals surface area contributed by atoms with E-state index in [0.29, 0.717) is 11.5 Å².